The maximum absolute atomic E-state index is 13.3. The van der Waals surface area contributed by atoms with Crippen LogP contribution in [0.2, 0.25) is 0 Å². The number of amides is 3. The van der Waals surface area contributed by atoms with Crippen molar-refractivity contribution in [1.82, 2.24) is 15.5 Å². The van der Waals surface area contributed by atoms with Crippen molar-refractivity contribution in [3.63, 3.8) is 0 Å². The van der Waals surface area contributed by atoms with Gasteiger partial charge in [0, 0.05) is 31.0 Å². The minimum absolute atomic E-state index is 0.0185. The maximum Gasteiger partial charge on any atom is 0.244 e. The summed E-state index contributed by atoms with van der Waals surface area (Å²) in [6.45, 7) is 6.73. The zero-order valence-electron chi connectivity index (χ0n) is 16.4. The van der Waals surface area contributed by atoms with Gasteiger partial charge in [-0.05, 0) is 39.5 Å². The first-order chi connectivity index (χ1) is 12.9. The van der Waals surface area contributed by atoms with Crippen molar-refractivity contribution in [3.05, 3.63) is 0 Å². The number of hydrogen-bond acceptors (Lipinski definition) is 5. The molecule has 7 nitrogen and oxygen atoms in total. The molecular weight excluding hydrogens is 366 g/mol. The largest absolute Gasteiger partial charge is 0.396 e. The topological polar surface area (TPSA) is 98.7 Å². The molecule has 0 aromatic heterocycles. The van der Waals surface area contributed by atoms with Crippen LogP contribution in [0.1, 0.15) is 46.5 Å². The van der Waals surface area contributed by atoms with Gasteiger partial charge in [-0.2, -0.15) is 0 Å². The van der Waals surface area contributed by atoms with Crippen molar-refractivity contribution in [2.45, 2.75) is 68.5 Å². The van der Waals surface area contributed by atoms with Crippen LogP contribution in [0.25, 0.3) is 0 Å². The number of aliphatic hydroxyl groups excluding tert-OH is 1. The summed E-state index contributed by atoms with van der Waals surface area (Å²) >= 11 is 1.68. The third-order valence-electron chi connectivity index (χ3n) is 5.89. The van der Waals surface area contributed by atoms with Gasteiger partial charge in [0.15, 0.2) is 0 Å². The maximum atomic E-state index is 13.3. The molecule has 1 spiro atoms. The second-order valence-corrected chi connectivity index (χ2v) is 9.72. The fraction of sp³-hybridized carbons (Fsp3) is 0.842. The summed E-state index contributed by atoms with van der Waals surface area (Å²) in [5.74, 6) is -1.10. The number of rotatable bonds is 8. The molecule has 0 aromatic carbocycles. The third kappa shape index (κ3) is 3.35. The molecule has 3 fully saturated rings. The Morgan fingerprint density at radius 1 is 1.37 bits per heavy atom. The summed E-state index contributed by atoms with van der Waals surface area (Å²) in [6, 6.07) is -0.585. The van der Waals surface area contributed by atoms with Crippen molar-refractivity contribution in [3.8, 4) is 0 Å². The minimum atomic E-state index is -0.567. The molecule has 3 saturated heterocycles. The predicted octanol–water partition coefficient (Wildman–Crippen LogP) is 0.511. The van der Waals surface area contributed by atoms with E-state index in [2.05, 4.69) is 10.6 Å². The van der Waals surface area contributed by atoms with Crippen molar-refractivity contribution < 1.29 is 19.5 Å². The number of thioether (sulfide) groups is 1. The molecule has 0 aliphatic carbocycles. The molecule has 3 aliphatic rings. The Morgan fingerprint density at radius 3 is 2.74 bits per heavy atom. The highest BCUT2D eigenvalue weighted by molar-refractivity contribution is 8.02. The van der Waals surface area contributed by atoms with Gasteiger partial charge in [0.2, 0.25) is 17.7 Å². The number of nitrogens with zero attached hydrogens (tertiary/aromatic N) is 1. The van der Waals surface area contributed by atoms with Crippen LogP contribution in [0.3, 0.4) is 0 Å². The van der Waals surface area contributed by atoms with Crippen LogP contribution < -0.4 is 10.6 Å². The van der Waals surface area contributed by atoms with Gasteiger partial charge in [-0.25, -0.2) is 0 Å². The van der Waals surface area contributed by atoms with E-state index >= 15 is 0 Å². The van der Waals surface area contributed by atoms with Gasteiger partial charge in [-0.1, -0.05) is 6.92 Å². The van der Waals surface area contributed by atoms with Gasteiger partial charge >= 0.3 is 0 Å². The van der Waals surface area contributed by atoms with E-state index in [0.29, 0.717) is 19.5 Å². The second-order valence-electron chi connectivity index (χ2n) is 8.12. The van der Waals surface area contributed by atoms with E-state index in [-0.39, 0.29) is 41.5 Å². The lowest BCUT2D eigenvalue weighted by atomic mass is 9.70. The van der Waals surface area contributed by atoms with Crippen LogP contribution in [-0.4, -0.2) is 69.5 Å². The lowest BCUT2D eigenvalue weighted by Gasteiger charge is -2.34. The molecule has 2 unspecified atom stereocenters. The third-order valence-corrected chi connectivity index (χ3v) is 7.84. The molecule has 3 N–H and O–H groups in total. The Labute approximate surface area is 165 Å². The van der Waals surface area contributed by atoms with Crippen LogP contribution in [0.4, 0.5) is 0 Å². The fourth-order valence-electron chi connectivity index (χ4n) is 4.96. The van der Waals surface area contributed by atoms with Gasteiger partial charge < -0.3 is 20.6 Å². The van der Waals surface area contributed by atoms with Crippen LogP contribution in [0.15, 0.2) is 0 Å². The smallest absolute Gasteiger partial charge is 0.244 e. The second kappa shape index (κ2) is 7.99. The molecule has 5 atom stereocenters. The van der Waals surface area contributed by atoms with Gasteiger partial charge in [0.1, 0.15) is 6.04 Å². The number of aliphatic hydroxyl groups is 1. The SMILES string of the molecule is CCCNC(=O)[C@@H]1[C@H]2C(=O)N(CCCO)C(C(=O)NC(C)C)C23CC[C@H]1S3. The summed E-state index contributed by atoms with van der Waals surface area (Å²) in [7, 11) is 0. The van der Waals surface area contributed by atoms with Gasteiger partial charge in [0.25, 0.3) is 0 Å². The highest BCUT2D eigenvalue weighted by atomic mass is 32.2. The molecule has 3 amide bonds. The number of fused-ring (bicyclic) bond motifs is 1. The number of carbonyl (C=O) groups excluding carboxylic acids is 3. The average Bonchev–Trinajstić information content (AvgIpc) is 3.24. The normalized spacial score (nSPS) is 34.3. The molecule has 0 aromatic rings. The molecule has 3 aliphatic heterocycles. The molecule has 0 saturated carbocycles. The Hall–Kier alpha value is -1.28. The molecule has 3 heterocycles. The summed E-state index contributed by atoms with van der Waals surface area (Å²) in [5.41, 5.74) is 0. The minimum Gasteiger partial charge on any atom is -0.396 e. The molecule has 152 valence electrons. The monoisotopic (exact) mass is 397 g/mol. The average molecular weight is 398 g/mol. The quantitative estimate of drug-likeness (QED) is 0.554. The van der Waals surface area contributed by atoms with Gasteiger partial charge in [-0.15, -0.1) is 11.8 Å². The summed E-state index contributed by atoms with van der Waals surface area (Å²) in [5, 5.41) is 15.3. The highest BCUT2D eigenvalue weighted by Crippen LogP contribution is 2.66. The van der Waals surface area contributed by atoms with E-state index in [4.69, 9.17) is 0 Å². The van der Waals surface area contributed by atoms with Crippen molar-refractivity contribution in [2.75, 3.05) is 19.7 Å². The van der Waals surface area contributed by atoms with Gasteiger partial charge in [0.05, 0.1) is 16.6 Å². The van der Waals surface area contributed by atoms with Gasteiger partial charge in [-0.3, -0.25) is 14.4 Å². The highest BCUT2D eigenvalue weighted by Gasteiger charge is 2.73. The fourth-order valence-corrected chi connectivity index (χ4v) is 7.18. The lowest BCUT2D eigenvalue weighted by molar-refractivity contribution is -0.140. The first-order valence-corrected chi connectivity index (χ1v) is 10.9. The standard InChI is InChI=1S/C19H31N3O4S/c1-4-8-20-16(24)13-12-6-7-19(27-12)14(13)18(26)22(9-5-10-23)15(19)17(25)21-11(2)3/h11-15,23H,4-10H2,1-3H3,(H,20,24)(H,21,25)/t12-,13+,14+,15?,19?/m1/s1. The molecule has 2 bridgehead atoms. The summed E-state index contributed by atoms with van der Waals surface area (Å²) in [4.78, 5) is 40.9. The van der Waals surface area contributed by atoms with Crippen molar-refractivity contribution in [1.29, 1.82) is 0 Å². The number of carbonyl (C=O) groups is 3. The molecule has 3 rings (SSSR count). The Bertz CT molecular complexity index is 614. The van der Waals surface area contributed by atoms with E-state index in [0.717, 1.165) is 19.3 Å². The number of hydrogen-bond donors (Lipinski definition) is 3. The van der Waals surface area contributed by atoms with Crippen LogP contribution in [-0.2, 0) is 14.4 Å². The van der Waals surface area contributed by atoms with E-state index in [1.165, 1.54) is 0 Å². The van der Waals surface area contributed by atoms with E-state index in [1.54, 1.807) is 16.7 Å². The zero-order chi connectivity index (χ0) is 19.8. The first kappa shape index (κ1) is 20.5. The van der Waals surface area contributed by atoms with E-state index < -0.39 is 16.7 Å². The summed E-state index contributed by atoms with van der Waals surface area (Å²) in [6.07, 6.45) is 2.92. The zero-order valence-corrected chi connectivity index (χ0v) is 17.2. The Balaban J connectivity index is 1.93. The Kier molecular flexibility index (Phi) is 6.05. The van der Waals surface area contributed by atoms with Crippen molar-refractivity contribution >= 4 is 29.5 Å². The first-order valence-electron chi connectivity index (χ1n) is 10.0. The number of nitrogens with one attached hydrogen (secondary N) is 2. The van der Waals surface area contributed by atoms with E-state index in [9.17, 15) is 19.5 Å². The molecule has 0 radical (unpaired) electrons. The van der Waals surface area contributed by atoms with Crippen LogP contribution in [0, 0.1) is 11.8 Å². The summed E-state index contributed by atoms with van der Waals surface area (Å²) < 4.78 is -0.523. The van der Waals surface area contributed by atoms with E-state index in [1.807, 2.05) is 20.8 Å². The molecular formula is C19H31N3O4S. The lowest BCUT2D eigenvalue weighted by Crippen LogP contribution is -2.55. The van der Waals surface area contributed by atoms with Crippen LogP contribution >= 0.6 is 11.8 Å². The number of likely N-dealkylation sites (tertiary alicyclic amines) is 1. The molecule has 27 heavy (non-hydrogen) atoms. The van der Waals surface area contributed by atoms with Crippen molar-refractivity contribution in [2.24, 2.45) is 11.8 Å². The molecule has 8 heteroatoms. The predicted molar refractivity (Wildman–Crippen MR) is 104 cm³/mol. The van der Waals surface area contributed by atoms with Crippen LogP contribution in [0.5, 0.6) is 0 Å². The Morgan fingerprint density at radius 2 is 2.11 bits per heavy atom.